The Bertz CT molecular complexity index is 691. The average molecular weight is 317 g/mol. The number of carbonyl (C=O) groups is 2. The molecular formula is C17H19NO3S. The zero-order valence-corrected chi connectivity index (χ0v) is 13.8. The molecule has 0 bridgehead atoms. The fourth-order valence-electron chi connectivity index (χ4n) is 1.91. The van der Waals surface area contributed by atoms with Gasteiger partial charge in [0.05, 0.1) is 0 Å². The summed E-state index contributed by atoms with van der Waals surface area (Å²) in [6, 6.07) is 9.59. The van der Waals surface area contributed by atoms with Crippen LogP contribution in [-0.2, 0) is 16.1 Å². The summed E-state index contributed by atoms with van der Waals surface area (Å²) in [6.07, 6.45) is 0. The molecule has 0 fully saturated rings. The minimum Gasteiger partial charge on any atom is -0.451 e. The van der Waals surface area contributed by atoms with Crippen LogP contribution in [-0.4, -0.2) is 18.5 Å². The number of hydrogen-bond acceptors (Lipinski definition) is 4. The fourth-order valence-corrected chi connectivity index (χ4v) is 2.67. The summed E-state index contributed by atoms with van der Waals surface area (Å²) in [7, 11) is 0. The van der Waals surface area contributed by atoms with Gasteiger partial charge in [-0.2, -0.15) is 0 Å². The first-order valence-electron chi connectivity index (χ1n) is 7.02. The van der Waals surface area contributed by atoms with Gasteiger partial charge in [0.15, 0.2) is 6.61 Å². The van der Waals surface area contributed by atoms with Crippen molar-refractivity contribution < 1.29 is 14.3 Å². The van der Waals surface area contributed by atoms with Crippen LogP contribution in [0.5, 0.6) is 0 Å². The highest BCUT2D eigenvalue weighted by atomic mass is 32.1. The lowest BCUT2D eigenvalue weighted by atomic mass is 10.1. The van der Waals surface area contributed by atoms with Gasteiger partial charge < -0.3 is 10.1 Å². The lowest BCUT2D eigenvalue weighted by Gasteiger charge is -2.08. The molecule has 0 aliphatic rings. The van der Waals surface area contributed by atoms with Crippen LogP contribution < -0.4 is 5.32 Å². The topological polar surface area (TPSA) is 55.4 Å². The molecule has 5 heteroatoms. The van der Waals surface area contributed by atoms with E-state index in [-0.39, 0.29) is 12.5 Å². The SMILES string of the molecule is Cc1ccc(C(=O)OCC(=O)NCc2ccc(C)c(C)c2)s1. The second-order valence-electron chi connectivity index (χ2n) is 5.18. The molecule has 1 aromatic heterocycles. The van der Waals surface area contributed by atoms with Gasteiger partial charge in [-0.25, -0.2) is 4.79 Å². The quantitative estimate of drug-likeness (QED) is 0.862. The van der Waals surface area contributed by atoms with E-state index in [2.05, 4.69) is 5.32 Å². The van der Waals surface area contributed by atoms with Gasteiger partial charge in [-0.05, 0) is 49.6 Å². The first-order chi connectivity index (χ1) is 10.5. The van der Waals surface area contributed by atoms with Crippen LogP contribution in [0.25, 0.3) is 0 Å². The summed E-state index contributed by atoms with van der Waals surface area (Å²) in [6.45, 7) is 6.16. The number of aryl methyl sites for hydroxylation is 3. The van der Waals surface area contributed by atoms with E-state index >= 15 is 0 Å². The van der Waals surface area contributed by atoms with Gasteiger partial charge in [-0.1, -0.05) is 18.2 Å². The lowest BCUT2D eigenvalue weighted by molar-refractivity contribution is -0.124. The maximum Gasteiger partial charge on any atom is 0.348 e. The standard InChI is InChI=1S/C17H19NO3S/c1-11-4-6-14(8-12(11)2)9-18-16(19)10-21-17(20)15-7-5-13(3)22-15/h4-8H,9-10H2,1-3H3,(H,18,19). The van der Waals surface area contributed by atoms with Gasteiger partial charge in [0.2, 0.25) is 0 Å². The number of rotatable bonds is 5. The number of carbonyl (C=O) groups excluding carboxylic acids is 2. The highest BCUT2D eigenvalue weighted by Crippen LogP contribution is 2.15. The van der Waals surface area contributed by atoms with E-state index in [9.17, 15) is 9.59 Å². The normalized spacial score (nSPS) is 10.3. The summed E-state index contributed by atoms with van der Waals surface area (Å²) in [5, 5.41) is 2.74. The molecule has 1 amide bonds. The molecule has 22 heavy (non-hydrogen) atoms. The van der Waals surface area contributed by atoms with Crippen LogP contribution in [0, 0.1) is 20.8 Å². The Labute approximate surface area is 134 Å². The maximum absolute atomic E-state index is 11.7. The van der Waals surface area contributed by atoms with Gasteiger partial charge in [0.1, 0.15) is 4.88 Å². The number of benzene rings is 1. The third kappa shape index (κ3) is 4.43. The third-order valence-corrected chi connectivity index (χ3v) is 4.32. The number of hydrogen-bond donors (Lipinski definition) is 1. The Balaban J connectivity index is 1.78. The molecule has 0 unspecified atom stereocenters. The summed E-state index contributed by atoms with van der Waals surface area (Å²) in [4.78, 5) is 25.0. The maximum atomic E-state index is 11.7. The van der Waals surface area contributed by atoms with Crippen molar-refractivity contribution in [1.29, 1.82) is 0 Å². The summed E-state index contributed by atoms with van der Waals surface area (Å²) < 4.78 is 4.99. The lowest BCUT2D eigenvalue weighted by Crippen LogP contribution is -2.28. The van der Waals surface area contributed by atoms with Crippen LogP contribution >= 0.6 is 11.3 Å². The van der Waals surface area contributed by atoms with Crippen molar-refractivity contribution in [1.82, 2.24) is 5.32 Å². The zero-order valence-electron chi connectivity index (χ0n) is 12.9. The van der Waals surface area contributed by atoms with Crippen LogP contribution in [0.3, 0.4) is 0 Å². The first-order valence-corrected chi connectivity index (χ1v) is 7.84. The van der Waals surface area contributed by atoms with Crippen molar-refractivity contribution in [3.63, 3.8) is 0 Å². The number of nitrogens with one attached hydrogen (secondary N) is 1. The molecule has 0 aliphatic carbocycles. The molecule has 4 nitrogen and oxygen atoms in total. The van der Waals surface area contributed by atoms with E-state index < -0.39 is 5.97 Å². The fraction of sp³-hybridized carbons (Fsp3) is 0.294. The molecular weight excluding hydrogens is 298 g/mol. The highest BCUT2D eigenvalue weighted by molar-refractivity contribution is 7.13. The van der Waals surface area contributed by atoms with Crippen LogP contribution in [0.15, 0.2) is 30.3 Å². The molecule has 1 aromatic carbocycles. The monoisotopic (exact) mass is 317 g/mol. The first kappa shape index (κ1) is 16.2. The molecule has 0 spiro atoms. The average Bonchev–Trinajstić information content (AvgIpc) is 2.92. The van der Waals surface area contributed by atoms with E-state index in [1.54, 1.807) is 6.07 Å². The Morgan fingerprint density at radius 1 is 1.09 bits per heavy atom. The van der Waals surface area contributed by atoms with Crippen molar-refractivity contribution in [2.24, 2.45) is 0 Å². The van der Waals surface area contributed by atoms with Gasteiger partial charge in [0.25, 0.3) is 5.91 Å². The molecule has 0 aliphatic heterocycles. The zero-order chi connectivity index (χ0) is 16.1. The highest BCUT2D eigenvalue weighted by Gasteiger charge is 2.11. The van der Waals surface area contributed by atoms with E-state index in [1.807, 2.05) is 45.0 Å². The Hall–Kier alpha value is -2.14. The minimum absolute atomic E-state index is 0.263. The smallest absolute Gasteiger partial charge is 0.348 e. The van der Waals surface area contributed by atoms with E-state index in [0.717, 1.165) is 10.4 Å². The summed E-state index contributed by atoms with van der Waals surface area (Å²) in [5.41, 5.74) is 3.43. The minimum atomic E-state index is -0.459. The van der Waals surface area contributed by atoms with E-state index in [4.69, 9.17) is 4.74 Å². The van der Waals surface area contributed by atoms with Crippen molar-refractivity contribution in [2.75, 3.05) is 6.61 Å². The number of thiophene rings is 1. The second-order valence-corrected chi connectivity index (χ2v) is 6.47. The summed E-state index contributed by atoms with van der Waals surface area (Å²) in [5.74, 6) is -0.765. The molecule has 0 saturated heterocycles. The molecule has 116 valence electrons. The summed E-state index contributed by atoms with van der Waals surface area (Å²) >= 11 is 1.35. The van der Waals surface area contributed by atoms with Gasteiger partial charge in [-0.15, -0.1) is 11.3 Å². The number of ether oxygens (including phenoxy) is 1. The largest absolute Gasteiger partial charge is 0.451 e. The number of amides is 1. The second kappa shape index (κ2) is 7.22. The van der Waals surface area contributed by atoms with Crippen LogP contribution in [0.2, 0.25) is 0 Å². The molecule has 0 radical (unpaired) electrons. The molecule has 2 aromatic rings. The van der Waals surface area contributed by atoms with Crippen LogP contribution in [0.1, 0.15) is 31.2 Å². The predicted octanol–water partition coefficient (Wildman–Crippen LogP) is 3.15. The molecule has 2 rings (SSSR count). The molecule has 0 saturated carbocycles. The van der Waals surface area contributed by atoms with E-state index in [0.29, 0.717) is 11.4 Å². The Kier molecular flexibility index (Phi) is 5.33. The Morgan fingerprint density at radius 3 is 2.50 bits per heavy atom. The number of esters is 1. The third-order valence-electron chi connectivity index (χ3n) is 3.34. The van der Waals surface area contributed by atoms with Gasteiger partial charge >= 0.3 is 5.97 Å². The van der Waals surface area contributed by atoms with Crippen molar-refractivity contribution in [3.8, 4) is 0 Å². The molecule has 1 heterocycles. The van der Waals surface area contributed by atoms with E-state index in [1.165, 1.54) is 22.5 Å². The van der Waals surface area contributed by atoms with Crippen molar-refractivity contribution >= 4 is 23.2 Å². The predicted molar refractivity (Wildman–Crippen MR) is 87.1 cm³/mol. The Morgan fingerprint density at radius 2 is 1.86 bits per heavy atom. The van der Waals surface area contributed by atoms with Gasteiger partial charge in [-0.3, -0.25) is 4.79 Å². The molecule has 0 atom stereocenters. The van der Waals surface area contributed by atoms with Crippen molar-refractivity contribution in [3.05, 3.63) is 56.8 Å². The van der Waals surface area contributed by atoms with Crippen LogP contribution in [0.4, 0.5) is 0 Å². The van der Waals surface area contributed by atoms with Gasteiger partial charge in [0, 0.05) is 11.4 Å². The molecule has 1 N–H and O–H groups in total. The van der Waals surface area contributed by atoms with Crippen molar-refractivity contribution in [2.45, 2.75) is 27.3 Å².